The van der Waals surface area contributed by atoms with Crippen molar-refractivity contribution in [3.05, 3.63) is 36.0 Å². The van der Waals surface area contributed by atoms with Crippen molar-refractivity contribution >= 4 is 23.1 Å². The highest BCUT2D eigenvalue weighted by Crippen LogP contribution is 2.32. The molecular formula is C18H22N2O2. The number of H-pyrrole nitrogens is 1. The lowest BCUT2D eigenvalue weighted by Gasteiger charge is -2.37. The number of aromatic nitrogens is 1. The number of carbonyl (C=O) groups excluding carboxylic acids is 2. The van der Waals surface area contributed by atoms with E-state index in [9.17, 15) is 9.59 Å². The Bertz CT molecular complexity index is 691. The Kier molecular flexibility index (Phi) is 4.01. The number of benzene rings is 1. The van der Waals surface area contributed by atoms with Gasteiger partial charge in [0.05, 0.1) is 0 Å². The maximum absolute atomic E-state index is 12.6. The van der Waals surface area contributed by atoms with Gasteiger partial charge in [0, 0.05) is 30.2 Å². The zero-order chi connectivity index (χ0) is 15.6. The third kappa shape index (κ3) is 2.43. The minimum atomic E-state index is -0.779. The highest BCUT2D eigenvalue weighted by Gasteiger charge is 2.42. The summed E-state index contributed by atoms with van der Waals surface area (Å²) in [6.45, 7) is 3.36. The Morgan fingerprint density at radius 2 is 2.18 bits per heavy atom. The average Bonchev–Trinajstić information content (AvgIpc) is 2.97. The first-order valence-corrected chi connectivity index (χ1v) is 8.01. The smallest absolute Gasteiger partial charge is 0.235 e. The summed E-state index contributed by atoms with van der Waals surface area (Å²) >= 11 is 0. The molecule has 0 aliphatic carbocycles. The minimum absolute atomic E-state index is 0.0103. The van der Waals surface area contributed by atoms with Gasteiger partial charge in [0.2, 0.25) is 5.91 Å². The molecule has 1 N–H and O–H groups in total. The van der Waals surface area contributed by atoms with Crippen LogP contribution >= 0.6 is 0 Å². The van der Waals surface area contributed by atoms with Crippen LogP contribution in [-0.4, -0.2) is 35.2 Å². The molecule has 1 unspecified atom stereocenters. The van der Waals surface area contributed by atoms with Crippen molar-refractivity contribution in [3.8, 4) is 0 Å². The second-order valence-electron chi connectivity index (χ2n) is 6.13. The highest BCUT2D eigenvalue weighted by atomic mass is 16.2. The molecule has 2 aromatic rings. The zero-order valence-electron chi connectivity index (χ0n) is 13.0. The molecule has 1 saturated heterocycles. The number of rotatable bonds is 5. The first-order valence-electron chi connectivity index (χ1n) is 8.01. The van der Waals surface area contributed by atoms with Crippen molar-refractivity contribution < 1.29 is 9.59 Å². The molecule has 0 spiro atoms. The number of aldehydes is 1. The summed E-state index contributed by atoms with van der Waals surface area (Å²) in [5.41, 5.74) is 1.57. The molecule has 4 heteroatoms. The molecule has 1 aromatic heterocycles. The lowest BCUT2D eigenvalue weighted by Crippen LogP contribution is -2.50. The Morgan fingerprint density at radius 1 is 1.36 bits per heavy atom. The summed E-state index contributed by atoms with van der Waals surface area (Å²) in [5, 5.41) is 1.21. The van der Waals surface area contributed by atoms with Gasteiger partial charge < -0.3 is 14.7 Å². The van der Waals surface area contributed by atoms with E-state index in [1.54, 1.807) is 0 Å². The van der Waals surface area contributed by atoms with Crippen LogP contribution in [0.15, 0.2) is 30.5 Å². The van der Waals surface area contributed by atoms with Crippen LogP contribution in [0.1, 0.15) is 31.7 Å². The van der Waals surface area contributed by atoms with E-state index < -0.39 is 5.41 Å². The van der Waals surface area contributed by atoms with Gasteiger partial charge >= 0.3 is 0 Å². The number of nitrogens with one attached hydrogen (secondary N) is 1. The number of fused-ring (bicyclic) bond motifs is 1. The molecule has 1 atom stereocenters. The van der Waals surface area contributed by atoms with Gasteiger partial charge in [-0.15, -0.1) is 0 Å². The second-order valence-corrected chi connectivity index (χ2v) is 6.13. The van der Waals surface area contributed by atoms with Crippen LogP contribution in [0.3, 0.4) is 0 Å². The quantitative estimate of drug-likeness (QED) is 0.681. The van der Waals surface area contributed by atoms with Crippen LogP contribution in [-0.2, 0) is 16.0 Å². The van der Waals surface area contributed by atoms with Crippen molar-refractivity contribution in [1.29, 1.82) is 0 Å². The fourth-order valence-electron chi connectivity index (χ4n) is 3.44. The van der Waals surface area contributed by atoms with E-state index in [4.69, 9.17) is 0 Å². The topological polar surface area (TPSA) is 53.2 Å². The molecule has 4 nitrogen and oxygen atoms in total. The predicted octanol–water partition coefficient (Wildman–Crippen LogP) is 2.93. The Hall–Kier alpha value is -2.10. The summed E-state index contributed by atoms with van der Waals surface area (Å²) in [6.07, 6.45) is 5.90. The van der Waals surface area contributed by atoms with E-state index in [1.807, 2.05) is 30.2 Å². The van der Waals surface area contributed by atoms with Gasteiger partial charge in [-0.05, 0) is 37.3 Å². The molecule has 1 aromatic carbocycles. The van der Waals surface area contributed by atoms with Crippen LogP contribution in [0.4, 0.5) is 0 Å². The van der Waals surface area contributed by atoms with E-state index in [2.05, 4.69) is 17.1 Å². The molecule has 1 fully saturated rings. The van der Waals surface area contributed by atoms with Crippen LogP contribution in [0.5, 0.6) is 0 Å². The summed E-state index contributed by atoms with van der Waals surface area (Å²) in [4.78, 5) is 29.2. The summed E-state index contributed by atoms with van der Waals surface area (Å²) in [5.74, 6) is 0.0103. The number of nitrogens with zero attached hydrogens (tertiary/aromatic N) is 1. The Morgan fingerprint density at radius 3 is 2.95 bits per heavy atom. The van der Waals surface area contributed by atoms with Gasteiger partial charge in [0.15, 0.2) is 0 Å². The van der Waals surface area contributed by atoms with Gasteiger partial charge in [-0.2, -0.15) is 0 Å². The molecule has 2 heterocycles. The predicted molar refractivity (Wildman–Crippen MR) is 86.6 cm³/mol. The molecular weight excluding hydrogens is 276 g/mol. The lowest BCUT2D eigenvalue weighted by atomic mass is 9.78. The number of amides is 1. The first-order chi connectivity index (χ1) is 10.7. The van der Waals surface area contributed by atoms with Gasteiger partial charge in [0.1, 0.15) is 11.7 Å². The second kappa shape index (κ2) is 5.95. The van der Waals surface area contributed by atoms with E-state index >= 15 is 0 Å². The van der Waals surface area contributed by atoms with Crippen molar-refractivity contribution in [1.82, 2.24) is 9.88 Å². The van der Waals surface area contributed by atoms with Crippen molar-refractivity contribution in [2.24, 2.45) is 5.41 Å². The lowest BCUT2D eigenvalue weighted by molar-refractivity contribution is -0.149. The van der Waals surface area contributed by atoms with E-state index in [0.717, 1.165) is 31.2 Å². The van der Waals surface area contributed by atoms with Crippen molar-refractivity contribution in [2.75, 3.05) is 13.1 Å². The number of hydrogen-bond donors (Lipinski definition) is 1. The van der Waals surface area contributed by atoms with Crippen LogP contribution in [0.2, 0.25) is 0 Å². The van der Waals surface area contributed by atoms with E-state index in [-0.39, 0.29) is 5.91 Å². The van der Waals surface area contributed by atoms with Crippen LogP contribution < -0.4 is 0 Å². The summed E-state index contributed by atoms with van der Waals surface area (Å²) in [7, 11) is 0. The van der Waals surface area contributed by atoms with Crippen molar-refractivity contribution in [2.45, 2.75) is 32.6 Å². The third-order valence-corrected chi connectivity index (χ3v) is 4.95. The number of para-hydroxylation sites is 1. The zero-order valence-corrected chi connectivity index (χ0v) is 13.0. The van der Waals surface area contributed by atoms with Gasteiger partial charge in [-0.1, -0.05) is 25.1 Å². The maximum atomic E-state index is 12.6. The van der Waals surface area contributed by atoms with Gasteiger partial charge in [0.25, 0.3) is 0 Å². The van der Waals surface area contributed by atoms with Crippen LogP contribution in [0.25, 0.3) is 10.9 Å². The highest BCUT2D eigenvalue weighted by molar-refractivity contribution is 5.97. The molecule has 3 rings (SSSR count). The molecule has 1 aliphatic heterocycles. The molecule has 0 saturated carbocycles. The molecule has 22 heavy (non-hydrogen) atoms. The summed E-state index contributed by atoms with van der Waals surface area (Å²) in [6, 6.07) is 8.19. The monoisotopic (exact) mass is 298 g/mol. The van der Waals surface area contributed by atoms with Gasteiger partial charge in [-0.25, -0.2) is 0 Å². The van der Waals surface area contributed by atoms with Crippen LogP contribution in [0, 0.1) is 5.41 Å². The molecule has 0 radical (unpaired) electrons. The number of likely N-dealkylation sites (tertiary alicyclic amines) is 1. The fraction of sp³-hybridized carbons (Fsp3) is 0.444. The van der Waals surface area contributed by atoms with E-state index in [1.165, 1.54) is 10.9 Å². The standard InChI is InChI=1S/C18H22N2O2/c1-2-18(13-21)9-5-10-20(17(18)22)11-8-14-12-19-16-7-4-3-6-15(14)16/h3-4,6-7,12-13,19H,2,5,8-11H2,1H3. The molecule has 116 valence electrons. The van der Waals surface area contributed by atoms with E-state index in [0.29, 0.717) is 19.4 Å². The largest absolute Gasteiger partial charge is 0.361 e. The number of carbonyl (C=O) groups is 2. The number of piperidine rings is 1. The average molecular weight is 298 g/mol. The molecule has 1 amide bonds. The molecule has 0 bridgehead atoms. The molecule has 1 aliphatic rings. The van der Waals surface area contributed by atoms with Crippen molar-refractivity contribution in [3.63, 3.8) is 0 Å². The Labute approximate surface area is 130 Å². The Balaban J connectivity index is 1.73. The third-order valence-electron chi connectivity index (χ3n) is 4.95. The maximum Gasteiger partial charge on any atom is 0.235 e. The number of aromatic amines is 1. The first kappa shape index (κ1) is 14.8. The van der Waals surface area contributed by atoms with Gasteiger partial charge in [-0.3, -0.25) is 4.79 Å². The fourth-order valence-corrected chi connectivity index (χ4v) is 3.44. The number of hydrogen-bond acceptors (Lipinski definition) is 2. The minimum Gasteiger partial charge on any atom is -0.361 e. The normalized spacial score (nSPS) is 22.2. The summed E-state index contributed by atoms with van der Waals surface area (Å²) < 4.78 is 0. The SMILES string of the molecule is CCC1(C=O)CCCN(CCc2c[nH]c3ccccc23)C1=O.